The molecular weight excluding hydrogens is 325 g/mol. The molecule has 0 atom stereocenters. The fourth-order valence-corrected chi connectivity index (χ4v) is 2.28. The van der Waals surface area contributed by atoms with Crippen molar-refractivity contribution in [1.82, 2.24) is 4.98 Å². The minimum absolute atomic E-state index is 0.173. The Labute approximate surface area is 135 Å². The van der Waals surface area contributed by atoms with Gasteiger partial charge in [0.2, 0.25) is 5.89 Å². The Morgan fingerprint density at radius 1 is 1.05 bits per heavy atom. The number of benzene rings is 2. The molecule has 0 radical (unpaired) electrons. The van der Waals surface area contributed by atoms with Crippen molar-refractivity contribution in [3.63, 3.8) is 0 Å². The van der Waals surface area contributed by atoms with E-state index < -0.39 is 5.97 Å². The molecule has 1 aromatic heterocycles. The smallest absolute Gasteiger partial charge is 0.335 e. The highest BCUT2D eigenvalue weighted by molar-refractivity contribution is 6.42. The number of rotatable bonds is 3. The molecule has 0 unspecified atom stereocenters. The number of hydrogen-bond donors (Lipinski definition) is 1. The molecule has 3 aromatic rings. The summed E-state index contributed by atoms with van der Waals surface area (Å²) in [6.07, 6.45) is 1.49. The molecule has 0 bridgehead atoms. The van der Waals surface area contributed by atoms with Gasteiger partial charge in [-0.25, -0.2) is 9.78 Å². The number of carboxylic acids is 1. The Kier molecular flexibility index (Phi) is 3.88. The number of carboxylic acid groups (broad SMARTS) is 1. The zero-order valence-corrected chi connectivity index (χ0v) is 12.6. The summed E-state index contributed by atoms with van der Waals surface area (Å²) in [7, 11) is 0. The quantitative estimate of drug-likeness (QED) is 0.731. The zero-order chi connectivity index (χ0) is 15.7. The summed E-state index contributed by atoms with van der Waals surface area (Å²) in [5, 5.41) is 9.91. The van der Waals surface area contributed by atoms with Crippen molar-refractivity contribution >= 4 is 29.2 Å². The molecule has 6 heteroatoms. The van der Waals surface area contributed by atoms with Gasteiger partial charge in [-0.1, -0.05) is 35.3 Å². The Hall–Kier alpha value is -2.30. The van der Waals surface area contributed by atoms with E-state index in [0.29, 0.717) is 27.2 Å². The van der Waals surface area contributed by atoms with Gasteiger partial charge in [0.25, 0.3) is 0 Å². The summed E-state index contributed by atoms with van der Waals surface area (Å²) in [4.78, 5) is 15.4. The predicted molar refractivity (Wildman–Crippen MR) is 84.4 cm³/mol. The number of aromatic nitrogens is 1. The predicted octanol–water partition coefficient (Wildman–Crippen LogP) is 5.01. The zero-order valence-electron chi connectivity index (χ0n) is 11.1. The van der Waals surface area contributed by atoms with Crippen molar-refractivity contribution in [1.29, 1.82) is 0 Å². The van der Waals surface area contributed by atoms with Crippen molar-refractivity contribution in [2.24, 2.45) is 0 Å². The van der Waals surface area contributed by atoms with Crippen LogP contribution in [0.15, 0.2) is 53.1 Å². The number of halogens is 2. The molecule has 1 heterocycles. The van der Waals surface area contributed by atoms with Gasteiger partial charge in [-0.05, 0) is 30.3 Å². The maximum Gasteiger partial charge on any atom is 0.335 e. The largest absolute Gasteiger partial charge is 0.478 e. The molecule has 0 spiro atoms. The number of hydrogen-bond acceptors (Lipinski definition) is 3. The van der Waals surface area contributed by atoms with Gasteiger partial charge in [0.1, 0.15) is 12.0 Å². The minimum atomic E-state index is -1.00. The fraction of sp³-hybridized carbons (Fsp3) is 0. The van der Waals surface area contributed by atoms with Crippen molar-refractivity contribution in [3.05, 3.63) is 64.3 Å². The van der Waals surface area contributed by atoms with Crippen LogP contribution >= 0.6 is 23.2 Å². The van der Waals surface area contributed by atoms with Crippen LogP contribution in [-0.4, -0.2) is 16.1 Å². The molecule has 0 fully saturated rings. The molecule has 2 aromatic carbocycles. The van der Waals surface area contributed by atoms with E-state index in [1.165, 1.54) is 18.4 Å². The Morgan fingerprint density at radius 2 is 1.86 bits per heavy atom. The van der Waals surface area contributed by atoms with Crippen molar-refractivity contribution in [2.45, 2.75) is 0 Å². The van der Waals surface area contributed by atoms with E-state index in [-0.39, 0.29) is 5.56 Å². The van der Waals surface area contributed by atoms with Crippen molar-refractivity contribution < 1.29 is 14.3 Å². The van der Waals surface area contributed by atoms with E-state index in [1.54, 1.807) is 30.3 Å². The average molecular weight is 334 g/mol. The molecular formula is C16H9Cl2NO3. The second-order valence-corrected chi connectivity index (χ2v) is 5.37. The third kappa shape index (κ3) is 2.84. The molecule has 0 aliphatic heterocycles. The summed E-state index contributed by atoms with van der Waals surface area (Å²) in [6, 6.07) is 11.5. The topological polar surface area (TPSA) is 63.3 Å². The van der Waals surface area contributed by atoms with Crippen LogP contribution in [0.4, 0.5) is 0 Å². The summed E-state index contributed by atoms with van der Waals surface area (Å²) in [5.74, 6) is -0.665. The normalized spacial score (nSPS) is 10.6. The maximum absolute atomic E-state index is 11.0. The summed E-state index contributed by atoms with van der Waals surface area (Å²) >= 11 is 11.9. The van der Waals surface area contributed by atoms with Crippen LogP contribution in [0.25, 0.3) is 22.7 Å². The fourth-order valence-electron chi connectivity index (χ4n) is 1.98. The maximum atomic E-state index is 11.0. The van der Waals surface area contributed by atoms with Gasteiger partial charge >= 0.3 is 5.97 Å². The molecule has 0 aliphatic carbocycles. The molecule has 0 saturated carbocycles. The van der Waals surface area contributed by atoms with Crippen molar-refractivity contribution in [3.8, 4) is 22.7 Å². The lowest BCUT2D eigenvalue weighted by atomic mass is 10.1. The first-order valence-corrected chi connectivity index (χ1v) is 7.05. The molecule has 110 valence electrons. The van der Waals surface area contributed by atoms with E-state index in [4.69, 9.17) is 32.7 Å². The van der Waals surface area contributed by atoms with E-state index in [0.717, 1.165) is 5.56 Å². The standard InChI is InChI=1S/C16H9Cl2NO3/c17-12-5-4-9(7-13(12)18)14-8-22-15(19-14)10-2-1-3-11(6-10)16(20)21/h1-8H,(H,20,21). The highest BCUT2D eigenvalue weighted by Crippen LogP contribution is 2.30. The Balaban J connectivity index is 1.98. The molecule has 22 heavy (non-hydrogen) atoms. The third-order valence-corrected chi connectivity index (χ3v) is 3.82. The molecule has 0 saturated heterocycles. The van der Waals surface area contributed by atoms with Crippen LogP contribution < -0.4 is 0 Å². The second kappa shape index (κ2) is 5.83. The average Bonchev–Trinajstić information content (AvgIpc) is 3.00. The molecule has 0 aliphatic rings. The molecule has 0 amide bonds. The number of nitrogens with zero attached hydrogens (tertiary/aromatic N) is 1. The first-order valence-electron chi connectivity index (χ1n) is 6.29. The third-order valence-electron chi connectivity index (χ3n) is 3.08. The lowest BCUT2D eigenvalue weighted by Crippen LogP contribution is -1.95. The lowest BCUT2D eigenvalue weighted by Gasteiger charge is -1.99. The lowest BCUT2D eigenvalue weighted by molar-refractivity contribution is 0.0697. The SMILES string of the molecule is O=C(O)c1cccc(-c2nc(-c3ccc(Cl)c(Cl)c3)co2)c1. The van der Waals surface area contributed by atoms with Gasteiger partial charge < -0.3 is 9.52 Å². The van der Waals surface area contributed by atoms with Gasteiger partial charge in [0, 0.05) is 11.1 Å². The molecule has 3 rings (SSSR count). The number of aromatic carboxylic acids is 1. The van der Waals surface area contributed by atoms with Gasteiger partial charge in [-0.3, -0.25) is 0 Å². The van der Waals surface area contributed by atoms with Gasteiger partial charge in [0.15, 0.2) is 0 Å². The number of carbonyl (C=O) groups is 1. The second-order valence-electron chi connectivity index (χ2n) is 4.55. The highest BCUT2D eigenvalue weighted by Gasteiger charge is 2.11. The van der Waals surface area contributed by atoms with Crippen LogP contribution in [-0.2, 0) is 0 Å². The monoisotopic (exact) mass is 333 g/mol. The van der Waals surface area contributed by atoms with Crippen LogP contribution in [0.5, 0.6) is 0 Å². The number of oxazole rings is 1. The first kappa shape index (κ1) is 14.6. The highest BCUT2D eigenvalue weighted by atomic mass is 35.5. The summed E-state index contributed by atoms with van der Waals surface area (Å²) in [5.41, 5.74) is 2.12. The van der Waals surface area contributed by atoms with Gasteiger partial charge in [-0.15, -0.1) is 0 Å². The molecule has 1 N–H and O–H groups in total. The van der Waals surface area contributed by atoms with E-state index in [9.17, 15) is 4.79 Å². The van der Waals surface area contributed by atoms with Crippen LogP contribution in [0, 0.1) is 0 Å². The Bertz CT molecular complexity index is 858. The van der Waals surface area contributed by atoms with Gasteiger partial charge in [0.05, 0.1) is 15.6 Å². The van der Waals surface area contributed by atoms with E-state index >= 15 is 0 Å². The van der Waals surface area contributed by atoms with Crippen LogP contribution in [0.2, 0.25) is 10.0 Å². The van der Waals surface area contributed by atoms with Crippen LogP contribution in [0.3, 0.4) is 0 Å². The summed E-state index contributed by atoms with van der Waals surface area (Å²) in [6.45, 7) is 0. The summed E-state index contributed by atoms with van der Waals surface area (Å²) < 4.78 is 5.43. The van der Waals surface area contributed by atoms with Crippen molar-refractivity contribution in [2.75, 3.05) is 0 Å². The minimum Gasteiger partial charge on any atom is -0.478 e. The van der Waals surface area contributed by atoms with E-state index in [2.05, 4.69) is 4.98 Å². The van der Waals surface area contributed by atoms with Gasteiger partial charge in [-0.2, -0.15) is 0 Å². The van der Waals surface area contributed by atoms with Crippen LogP contribution in [0.1, 0.15) is 10.4 Å². The van der Waals surface area contributed by atoms with E-state index in [1.807, 2.05) is 0 Å². The Morgan fingerprint density at radius 3 is 2.59 bits per heavy atom. The molecule has 4 nitrogen and oxygen atoms in total. The first-order chi connectivity index (χ1) is 10.5.